The van der Waals surface area contributed by atoms with Gasteiger partial charge in [0, 0.05) is 28.6 Å². The molecular weight excluding hydrogens is 285 g/mol. The summed E-state index contributed by atoms with van der Waals surface area (Å²) >= 11 is 12.0. The molecule has 1 unspecified atom stereocenters. The van der Waals surface area contributed by atoms with E-state index >= 15 is 0 Å². The Labute approximate surface area is 122 Å². The Bertz CT molecular complexity index is 441. The number of amides is 1. The van der Waals surface area contributed by atoms with E-state index in [0.29, 0.717) is 27.9 Å². The molecule has 2 rings (SSSR count). The van der Waals surface area contributed by atoms with Crippen molar-refractivity contribution in [3.63, 3.8) is 0 Å². The molecule has 0 spiro atoms. The third kappa shape index (κ3) is 3.85. The van der Waals surface area contributed by atoms with Crippen LogP contribution in [0.25, 0.3) is 0 Å². The Kier molecular flexibility index (Phi) is 5.08. The summed E-state index contributed by atoms with van der Waals surface area (Å²) in [4.78, 5) is 11.7. The summed E-state index contributed by atoms with van der Waals surface area (Å²) in [5.41, 5.74) is 0.467. The van der Waals surface area contributed by atoms with Crippen molar-refractivity contribution in [2.24, 2.45) is 5.92 Å². The molecule has 0 bridgehead atoms. The lowest BCUT2D eigenvalue weighted by Gasteiger charge is -2.24. The van der Waals surface area contributed by atoms with Gasteiger partial charge >= 0.3 is 0 Å². The molecule has 1 aromatic rings. The van der Waals surface area contributed by atoms with Gasteiger partial charge in [-0.1, -0.05) is 35.7 Å². The second-order valence-electron chi connectivity index (χ2n) is 4.96. The second kappa shape index (κ2) is 6.60. The van der Waals surface area contributed by atoms with Crippen molar-refractivity contribution in [3.8, 4) is 0 Å². The van der Waals surface area contributed by atoms with Crippen molar-refractivity contribution < 1.29 is 9.90 Å². The SMILES string of the molecule is O=C(CC1CCC1)NCC(O)c1c(Cl)cccc1Cl. The van der Waals surface area contributed by atoms with Gasteiger partial charge in [0.25, 0.3) is 0 Å². The van der Waals surface area contributed by atoms with Gasteiger partial charge in [0.05, 0.1) is 6.10 Å². The van der Waals surface area contributed by atoms with Crippen LogP contribution in [0.15, 0.2) is 18.2 Å². The highest BCUT2D eigenvalue weighted by atomic mass is 35.5. The van der Waals surface area contributed by atoms with Gasteiger partial charge in [-0.15, -0.1) is 0 Å². The minimum atomic E-state index is -0.883. The van der Waals surface area contributed by atoms with Gasteiger partial charge in [-0.3, -0.25) is 4.79 Å². The van der Waals surface area contributed by atoms with Crippen LogP contribution in [-0.2, 0) is 4.79 Å². The largest absolute Gasteiger partial charge is 0.386 e. The van der Waals surface area contributed by atoms with E-state index in [4.69, 9.17) is 23.2 Å². The summed E-state index contributed by atoms with van der Waals surface area (Å²) in [5, 5.41) is 13.6. The quantitative estimate of drug-likeness (QED) is 0.876. The summed E-state index contributed by atoms with van der Waals surface area (Å²) in [6, 6.07) is 5.06. The van der Waals surface area contributed by atoms with Crippen molar-refractivity contribution in [2.45, 2.75) is 31.8 Å². The molecule has 3 nitrogen and oxygen atoms in total. The highest BCUT2D eigenvalue weighted by Gasteiger charge is 2.21. The van der Waals surface area contributed by atoms with Crippen LogP contribution in [0.3, 0.4) is 0 Å². The van der Waals surface area contributed by atoms with Gasteiger partial charge < -0.3 is 10.4 Å². The number of halogens is 2. The number of rotatable bonds is 5. The number of carbonyl (C=O) groups is 1. The highest BCUT2D eigenvalue weighted by Crippen LogP contribution is 2.31. The predicted octanol–water partition coefficient (Wildman–Crippen LogP) is 3.33. The van der Waals surface area contributed by atoms with Crippen LogP contribution in [0, 0.1) is 5.92 Å². The summed E-state index contributed by atoms with van der Waals surface area (Å²) in [7, 11) is 0. The first-order valence-electron chi connectivity index (χ1n) is 6.46. The maximum atomic E-state index is 11.7. The van der Waals surface area contributed by atoms with Gasteiger partial charge in [-0.05, 0) is 30.9 Å². The molecule has 1 amide bonds. The van der Waals surface area contributed by atoms with E-state index in [0.717, 1.165) is 12.8 Å². The van der Waals surface area contributed by atoms with Crippen LogP contribution in [0.2, 0.25) is 10.0 Å². The Balaban J connectivity index is 1.86. The summed E-state index contributed by atoms with van der Waals surface area (Å²) < 4.78 is 0. The zero-order chi connectivity index (χ0) is 13.8. The van der Waals surface area contributed by atoms with Crippen LogP contribution in [-0.4, -0.2) is 17.6 Å². The van der Waals surface area contributed by atoms with Crippen molar-refractivity contribution in [1.82, 2.24) is 5.32 Å². The molecule has 19 heavy (non-hydrogen) atoms. The third-order valence-electron chi connectivity index (χ3n) is 3.52. The maximum absolute atomic E-state index is 11.7. The van der Waals surface area contributed by atoms with E-state index in [9.17, 15) is 9.90 Å². The Morgan fingerprint density at radius 1 is 1.37 bits per heavy atom. The first-order chi connectivity index (χ1) is 9.08. The molecule has 1 aliphatic rings. The monoisotopic (exact) mass is 301 g/mol. The number of nitrogens with one attached hydrogen (secondary N) is 1. The molecular formula is C14H17Cl2NO2. The van der Waals surface area contributed by atoms with Crippen LogP contribution in [0.1, 0.15) is 37.4 Å². The summed E-state index contributed by atoms with van der Waals surface area (Å²) in [6.07, 6.45) is 3.14. The average molecular weight is 302 g/mol. The fourth-order valence-electron chi connectivity index (χ4n) is 2.17. The van der Waals surface area contributed by atoms with Gasteiger partial charge in [-0.25, -0.2) is 0 Å². The fraction of sp³-hybridized carbons (Fsp3) is 0.500. The van der Waals surface area contributed by atoms with E-state index in [1.165, 1.54) is 6.42 Å². The number of aliphatic hydroxyl groups is 1. The van der Waals surface area contributed by atoms with E-state index < -0.39 is 6.10 Å². The molecule has 1 atom stereocenters. The molecule has 0 aliphatic heterocycles. The normalized spacial score (nSPS) is 16.8. The predicted molar refractivity (Wildman–Crippen MR) is 76.4 cm³/mol. The standard InChI is InChI=1S/C14H17Cl2NO2/c15-10-5-2-6-11(16)14(10)12(18)8-17-13(19)7-9-3-1-4-9/h2,5-6,9,12,18H,1,3-4,7-8H2,(H,17,19). The Morgan fingerprint density at radius 2 is 2.00 bits per heavy atom. The molecule has 1 aromatic carbocycles. The minimum absolute atomic E-state index is 0.0214. The van der Waals surface area contributed by atoms with Crippen molar-refractivity contribution in [3.05, 3.63) is 33.8 Å². The zero-order valence-electron chi connectivity index (χ0n) is 10.5. The number of carbonyl (C=O) groups excluding carboxylic acids is 1. The van der Waals surface area contributed by atoms with Crippen molar-refractivity contribution in [2.75, 3.05) is 6.54 Å². The number of benzene rings is 1. The number of hydrogen-bond acceptors (Lipinski definition) is 2. The third-order valence-corrected chi connectivity index (χ3v) is 4.18. The van der Waals surface area contributed by atoms with E-state index in [2.05, 4.69) is 5.32 Å². The molecule has 0 saturated heterocycles. The van der Waals surface area contributed by atoms with Gasteiger partial charge in [-0.2, -0.15) is 0 Å². The van der Waals surface area contributed by atoms with Crippen molar-refractivity contribution >= 4 is 29.1 Å². The lowest BCUT2D eigenvalue weighted by Crippen LogP contribution is -2.31. The first-order valence-corrected chi connectivity index (χ1v) is 7.22. The Hall–Kier alpha value is -0.770. The smallest absolute Gasteiger partial charge is 0.220 e. The molecule has 0 heterocycles. The molecule has 1 fully saturated rings. The number of aliphatic hydroxyl groups excluding tert-OH is 1. The maximum Gasteiger partial charge on any atom is 0.220 e. The second-order valence-corrected chi connectivity index (χ2v) is 5.77. The highest BCUT2D eigenvalue weighted by molar-refractivity contribution is 6.36. The fourth-order valence-corrected chi connectivity index (χ4v) is 2.82. The van der Waals surface area contributed by atoms with Crippen LogP contribution in [0.4, 0.5) is 0 Å². The molecule has 104 valence electrons. The summed E-state index contributed by atoms with van der Waals surface area (Å²) in [5.74, 6) is 0.493. The van der Waals surface area contributed by atoms with E-state index in [1.807, 2.05) is 0 Å². The molecule has 1 aliphatic carbocycles. The molecule has 0 aromatic heterocycles. The van der Waals surface area contributed by atoms with Gasteiger partial charge in [0.15, 0.2) is 0 Å². The van der Waals surface area contributed by atoms with Crippen LogP contribution < -0.4 is 5.32 Å². The van der Waals surface area contributed by atoms with Crippen LogP contribution >= 0.6 is 23.2 Å². The minimum Gasteiger partial charge on any atom is -0.386 e. The molecule has 0 radical (unpaired) electrons. The topological polar surface area (TPSA) is 49.3 Å². The molecule has 1 saturated carbocycles. The number of hydrogen-bond donors (Lipinski definition) is 2. The lowest BCUT2D eigenvalue weighted by molar-refractivity contribution is -0.123. The zero-order valence-corrected chi connectivity index (χ0v) is 12.0. The molecule has 2 N–H and O–H groups in total. The lowest BCUT2D eigenvalue weighted by atomic mass is 9.83. The van der Waals surface area contributed by atoms with E-state index in [1.54, 1.807) is 18.2 Å². The Morgan fingerprint density at radius 3 is 2.53 bits per heavy atom. The van der Waals surface area contributed by atoms with Crippen LogP contribution in [0.5, 0.6) is 0 Å². The summed E-state index contributed by atoms with van der Waals surface area (Å²) in [6.45, 7) is 0.134. The van der Waals surface area contributed by atoms with Gasteiger partial charge in [0.1, 0.15) is 0 Å². The van der Waals surface area contributed by atoms with Crippen molar-refractivity contribution in [1.29, 1.82) is 0 Å². The van der Waals surface area contributed by atoms with Gasteiger partial charge in [0.2, 0.25) is 5.91 Å². The average Bonchev–Trinajstić information content (AvgIpc) is 2.31. The molecule has 5 heteroatoms. The first kappa shape index (κ1) is 14.6. The van der Waals surface area contributed by atoms with E-state index in [-0.39, 0.29) is 12.5 Å².